The number of hydrogen-bond donors (Lipinski definition) is 3. The zero-order chi connectivity index (χ0) is 16.2. The van der Waals surface area contributed by atoms with E-state index in [9.17, 15) is 9.90 Å². The molecular formula is C16H20N4O2. The highest BCUT2D eigenvalue weighted by atomic mass is 16.3. The number of nitrogens with zero attached hydrogens (tertiary/aromatic N) is 2. The van der Waals surface area contributed by atoms with Crippen molar-refractivity contribution in [2.45, 2.75) is 19.4 Å². The summed E-state index contributed by atoms with van der Waals surface area (Å²) in [7, 11) is 1.69. The summed E-state index contributed by atoms with van der Waals surface area (Å²) in [5.41, 5.74) is 0.551. The van der Waals surface area contributed by atoms with Gasteiger partial charge in [-0.3, -0.25) is 4.79 Å². The highest BCUT2D eigenvalue weighted by Gasteiger charge is 2.24. The van der Waals surface area contributed by atoms with Crippen LogP contribution in [0.2, 0.25) is 0 Å². The van der Waals surface area contributed by atoms with Crippen molar-refractivity contribution < 1.29 is 9.90 Å². The molecule has 0 aliphatic heterocycles. The first-order valence-corrected chi connectivity index (χ1v) is 7.02. The molecule has 0 bridgehead atoms. The zero-order valence-corrected chi connectivity index (χ0v) is 12.9. The van der Waals surface area contributed by atoms with Crippen molar-refractivity contribution in [2.75, 3.05) is 18.9 Å². The largest absolute Gasteiger partial charge is 0.384 e. The molecule has 1 aromatic carbocycles. The van der Waals surface area contributed by atoms with Gasteiger partial charge >= 0.3 is 0 Å². The van der Waals surface area contributed by atoms with Gasteiger partial charge in [0.1, 0.15) is 11.3 Å². The molecule has 22 heavy (non-hydrogen) atoms. The molecule has 2 rings (SSSR count). The van der Waals surface area contributed by atoms with Gasteiger partial charge in [-0.1, -0.05) is 30.3 Å². The van der Waals surface area contributed by atoms with Crippen molar-refractivity contribution in [3.8, 4) is 0 Å². The van der Waals surface area contributed by atoms with Gasteiger partial charge < -0.3 is 15.7 Å². The average Bonchev–Trinajstić information content (AvgIpc) is 2.53. The van der Waals surface area contributed by atoms with E-state index in [0.29, 0.717) is 11.6 Å². The minimum atomic E-state index is -1.15. The van der Waals surface area contributed by atoms with Crippen LogP contribution in [0.1, 0.15) is 28.7 Å². The van der Waals surface area contributed by atoms with E-state index in [2.05, 4.69) is 20.6 Å². The van der Waals surface area contributed by atoms with Crippen LogP contribution in [-0.2, 0) is 5.60 Å². The van der Waals surface area contributed by atoms with Crippen molar-refractivity contribution in [1.82, 2.24) is 15.3 Å². The van der Waals surface area contributed by atoms with E-state index in [1.54, 1.807) is 27.0 Å². The topological polar surface area (TPSA) is 87.1 Å². The van der Waals surface area contributed by atoms with Crippen LogP contribution < -0.4 is 10.6 Å². The Labute approximate surface area is 129 Å². The van der Waals surface area contributed by atoms with Crippen LogP contribution in [0.15, 0.2) is 36.4 Å². The summed E-state index contributed by atoms with van der Waals surface area (Å²) in [6, 6.07) is 10.8. The van der Waals surface area contributed by atoms with Crippen LogP contribution in [0.4, 0.5) is 5.95 Å². The summed E-state index contributed by atoms with van der Waals surface area (Å²) in [5, 5.41) is 16.0. The van der Waals surface area contributed by atoms with Crippen LogP contribution >= 0.6 is 0 Å². The summed E-state index contributed by atoms with van der Waals surface area (Å²) >= 11 is 0. The van der Waals surface area contributed by atoms with Crippen molar-refractivity contribution >= 4 is 11.9 Å². The minimum Gasteiger partial charge on any atom is -0.384 e. The lowest BCUT2D eigenvalue weighted by Crippen LogP contribution is -2.39. The first-order chi connectivity index (χ1) is 10.4. The number of rotatable bonds is 5. The molecule has 116 valence electrons. The Hall–Kier alpha value is -2.47. The highest BCUT2D eigenvalue weighted by Crippen LogP contribution is 2.19. The number of carbonyl (C=O) groups excluding carboxylic acids is 1. The quantitative estimate of drug-likeness (QED) is 0.778. The molecular weight excluding hydrogens is 280 g/mol. The van der Waals surface area contributed by atoms with E-state index in [1.807, 2.05) is 30.3 Å². The molecule has 6 nitrogen and oxygen atoms in total. The average molecular weight is 300 g/mol. The molecule has 6 heteroatoms. The Kier molecular flexibility index (Phi) is 4.72. The summed E-state index contributed by atoms with van der Waals surface area (Å²) in [6.07, 6.45) is 0. The number of aryl methyl sites for hydroxylation is 1. The van der Waals surface area contributed by atoms with Crippen LogP contribution in [0.3, 0.4) is 0 Å². The molecule has 0 radical (unpaired) electrons. The van der Waals surface area contributed by atoms with Gasteiger partial charge in [-0.05, 0) is 25.5 Å². The third kappa shape index (κ3) is 3.79. The number of hydrogen-bond acceptors (Lipinski definition) is 5. The number of amides is 1. The molecule has 0 spiro atoms. The van der Waals surface area contributed by atoms with Gasteiger partial charge in [0.05, 0.1) is 6.54 Å². The fourth-order valence-electron chi connectivity index (χ4n) is 2.04. The van der Waals surface area contributed by atoms with Gasteiger partial charge in [-0.25, -0.2) is 9.97 Å². The lowest BCUT2D eigenvalue weighted by atomic mass is 9.96. The summed E-state index contributed by atoms with van der Waals surface area (Å²) in [6.45, 7) is 3.54. The van der Waals surface area contributed by atoms with Gasteiger partial charge in [-0.15, -0.1) is 0 Å². The van der Waals surface area contributed by atoms with E-state index in [-0.39, 0.29) is 18.1 Å². The summed E-state index contributed by atoms with van der Waals surface area (Å²) < 4.78 is 0. The number of carbonyl (C=O) groups is 1. The van der Waals surface area contributed by atoms with Gasteiger partial charge in [0.2, 0.25) is 5.95 Å². The van der Waals surface area contributed by atoms with E-state index < -0.39 is 5.60 Å². The Balaban J connectivity index is 2.08. The Morgan fingerprint density at radius 3 is 2.59 bits per heavy atom. The van der Waals surface area contributed by atoms with E-state index in [4.69, 9.17) is 0 Å². The lowest BCUT2D eigenvalue weighted by Gasteiger charge is -2.24. The predicted molar refractivity (Wildman–Crippen MR) is 84.7 cm³/mol. The van der Waals surface area contributed by atoms with E-state index >= 15 is 0 Å². The standard InChI is InChI=1S/C16H20N4O2/c1-11-9-13(20-15(17-3)19-11)14(21)18-10-16(2,22)12-7-5-4-6-8-12/h4-9,22H,10H2,1-3H3,(H,18,21)(H,17,19,20)/t16-/m1/s1. The fraction of sp³-hybridized carbons (Fsp3) is 0.312. The molecule has 1 atom stereocenters. The van der Waals surface area contributed by atoms with Gasteiger partial charge in [0.25, 0.3) is 5.91 Å². The Bertz CT molecular complexity index is 656. The summed E-state index contributed by atoms with van der Waals surface area (Å²) in [5.74, 6) is 0.0400. The maximum Gasteiger partial charge on any atom is 0.270 e. The van der Waals surface area contributed by atoms with Crippen LogP contribution in [0.5, 0.6) is 0 Å². The lowest BCUT2D eigenvalue weighted by molar-refractivity contribution is 0.0525. The third-order valence-corrected chi connectivity index (χ3v) is 3.30. The fourth-order valence-corrected chi connectivity index (χ4v) is 2.04. The molecule has 1 amide bonds. The monoisotopic (exact) mass is 300 g/mol. The third-order valence-electron chi connectivity index (χ3n) is 3.30. The molecule has 2 aromatic rings. The van der Waals surface area contributed by atoms with Gasteiger partial charge in [-0.2, -0.15) is 0 Å². The molecule has 3 N–H and O–H groups in total. The zero-order valence-electron chi connectivity index (χ0n) is 12.9. The SMILES string of the molecule is CNc1nc(C)cc(C(=O)NC[C@@](C)(O)c2ccccc2)n1. The van der Waals surface area contributed by atoms with Crippen molar-refractivity contribution in [2.24, 2.45) is 0 Å². The number of benzene rings is 1. The maximum absolute atomic E-state index is 12.2. The predicted octanol–water partition coefficient (Wildman–Crippen LogP) is 1.46. The minimum absolute atomic E-state index is 0.0911. The van der Waals surface area contributed by atoms with Crippen molar-refractivity contribution in [1.29, 1.82) is 0 Å². The molecule has 0 unspecified atom stereocenters. The maximum atomic E-state index is 12.2. The molecule has 1 aromatic heterocycles. The molecule has 0 fully saturated rings. The van der Waals surface area contributed by atoms with Crippen LogP contribution in [0, 0.1) is 6.92 Å². The molecule has 0 saturated carbocycles. The van der Waals surface area contributed by atoms with Gasteiger partial charge in [0, 0.05) is 12.7 Å². The Morgan fingerprint density at radius 1 is 1.27 bits per heavy atom. The highest BCUT2D eigenvalue weighted by molar-refractivity contribution is 5.92. The number of anilines is 1. The first kappa shape index (κ1) is 15.9. The smallest absolute Gasteiger partial charge is 0.270 e. The first-order valence-electron chi connectivity index (χ1n) is 7.02. The van der Waals surface area contributed by atoms with Crippen LogP contribution in [-0.4, -0.2) is 34.6 Å². The number of nitrogens with one attached hydrogen (secondary N) is 2. The molecule has 0 aliphatic rings. The number of aromatic nitrogens is 2. The Morgan fingerprint density at radius 2 is 1.95 bits per heavy atom. The van der Waals surface area contributed by atoms with E-state index in [1.165, 1.54) is 0 Å². The molecule has 0 saturated heterocycles. The van der Waals surface area contributed by atoms with E-state index in [0.717, 1.165) is 5.56 Å². The van der Waals surface area contributed by atoms with Gasteiger partial charge in [0.15, 0.2) is 0 Å². The second kappa shape index (κ2) is 6.53. The van der Waals surface area contributed by atoms with Crippen LogP contribution in [0.25, 0.3) is 0 Å². The second-order valence-electron chi connectivity index (χ2n) is 5.29. The number of aliphatic hydroxyl groups is 1. The van der Waals surface area contributed by atoms with Crippen molar-refractivity contribution in [3.05, 3.63) is 53.3 Å². The molecule has 0 aliphatic carbocycles. The van der Waals surface area contributed by atoms with Crippen molar-refractivity contribution in [3.63, 3.8) is 0 Å². The summed E-state index contributed by atoms with van der Waals surface area (Å²) in [4.78, 5) is 20.5. The second-order valence-corrected chi connectivity index (χ2v) is 5.29. The molecule has 1 heterocycles. The normalized spacial score (nSPS) is 13.3.